The molecular formula is C28H34N4O4S. The van der Waals surface area contributed by atoms with E-state index in [-0.39, 0.29) is 17.8 Å². The molecule has 0 saturated carbocycles. The van der Waals surface area contributed by atoms with Gasteiger partial charge in [0.2, 0.25) is 5.91 Å². The highest BCUT2D eigenvalue weighted by atomic mass is 32.2. The van der Waals surface area contributed by atoms with Gasteiger partial charge in [-0.1, -0.05) is 42.1 Å². The smallest absolute Gasteiger partial charge is 0.309 e. The normalized spacial score (nSPS) is 13.9. The van der Waals surface area contributed by atoms with E-state index < -0.39 is 0 Å². The number of hydrogen-bond acceptors (Lipinski definition) is 7. The van der Waals surface area contributed by atoms with Gasteiger partial charge < -0.3 is 14.4 Å². The summed E-state index contributed by atoms with van der Waals surface area (Å²) in [7, 11) is 1.65. The van der Waals surface area contributed by atoms with Gasteiger partial charge in [-0.3, -0.25) is 14.2 Å². The van der Waals surface area contributed by atoms with Crippen molar-refractivity contribution in [3.05, 3.63) is 54.6 Å². The molecule has 1 amide bonds. The third-order valence-corrected chi connectivity index (χ3v) is 7.49. The first kappa shape index (κ1) is 26.7. The fraction of sp³-hybridized carbons (Fsp3) is 0.429. The van der Waals surface area contributed by atoms with Gasteiger partial charge in [-0.25, -0.2) is 0 Å². The van der Waals surface area contributed by atoms with E-state index in [2.05, 4.69) is 14.8 Å². The average Bonchev–Trinajstić information content (AvgIpc) is 3.37. The first-order valence-corrected chi connectivity index (χ1v) is 13.8. The molecule has 0 unspecified atom stereocenters. The molecule has 0 radical (unpaired) electrons. The van der Waals surface area contributed by atoms with Gasteiger partial charge >= 0.3 is 5.97 Å². The fourth-order valence-electron chi connectivity index (χ4n) is 4.43. The average molecular weight is 523 g/mol. The molecule has 1 saturated heterocycles. The molecule has 4 rings (SSSR count). The summed E-state index contributed by atoms with van der Waals surface area (Å²) in [5.74, 6) is 2.37. The highest BCUT2D eigenvalue weighted by molar-refractivity contribution is 7.99. The number of esters is 1. The number of amides is 1. The van der Waals surface area contributed by atoms with Crippen LogP contribution in [0.5, 0.6) is 5.75 Å². The standard InChI is InChI=1S/C28H34N4O4S/c1-3-36-27(34)22-16-18-31(19-17-22)25(33)11-7-8-20-37-28-30-29-26(21-9-5-4-6-10-21)32(28)23-12-14-24(35-2)15-13-23/h4-6,9-10,12-15,22H,3,7-8,11,16-20H2,1-2H3. The van der Waals surface area contributed by atoms with E-state index in [1.54, 1.807) is 18.9 Å². The monoisotopic (exact) mass is 522 g/mol. The third-order valence-electron chi connectivity index (χ3n) is 6.48. The molecule has 8 nitrogen and oxygen atoms in total. The number of aromatic nitrogens is 3. The maximum Gasteiger partial charge on any atom is 0.309 e. The number of thioether (sulfide) groups is 1. The number of rotatable bonds is 11. The Morgan fingerprint density at radius 1 is 1.00 bits per heavy atom. The van der Waals surface area contributed by atoms with Crippen LogP contribution < -0.4 is 4.74 Å². The summed E-state index contributed by atoms with van der Waals surface area (Å²) in [6.45, 7) is 3.48. The number of hydrogen-bond donors (Lipinski definition) is 0. The van der Waals surface area contributed by atoms with Gasteiger partial charge in [0.05, 0.1) is 19.6 Å². The van der Waals surface area contributed by atoms with Crippen LogP contribution in [0.15, 0.2) is 59.8 Å². The van der Waals surface area contributed by atoms with Crippen LogP contribution >= 0.6 is 11.8 Å². The molecular weight excluding hydrogens is 488 g/mol. The number of piperidine rings is 1. The molecule has 1 aliphatic rings. The number of methoxy groups -OCH3 is 1. The Labute approximate surface area is 222 Å². The lowest BCUT2D eigenvalue weighted by molar-refractivity contribution is -0.151. The van der Waals surface area contributed by atoms with E-state index in [0.717, 1.165) is 46.6 Å². The zero-order chi connectivity index (χ0) is 26.0. The summed E-state index contributed by atoms with van der Waals surface area (Å²) < 4.78 is 12.5. The molecule has 2 aromatic carbocycles. The van der Waals surface area contributed by atoms with Crippen molar-refractivity contribution in [1.82, 2.24) is 19.7 Å². The van der Waals surface area contributed by atoms with Crippen LogP contribution in [0, 0.1) is 5.92 Å². The second kappa shape index (κ2) is 13.3. The molecule has 0 aliphatic carbocycles. The third kappa shape index (κ3) is 6.91. The van der Waals surface area contributed by atoms with Crippen LogP contribution in [0.25, 0.3) is 17.1 Å². The molecule has 1 aromatic heterocycles. The van der Waals surface area contributed by atoms with Crippen LogP contribution in [0.1, 0.15) is 39.0 Å². The Bertz CT molecular complexity index is 1160. The van der Waals surface area contributed by atoms with Gasteiger partial charge in [0, 0.05) is 36.5 Å². The summed E-state index contributed by atoms with van der Waals surface area (Å²) >= 11 is 1.64. The van der Waals surface area contributed by atoms with Crippen molar-refractivity contribution >= 4 is 23.6 Å². The molecule has 0 N–H and O–H groups in total. The molecule has 0 bridgehead atoms. The van der Waals surface area contributed by atoms with Crippen LogP contribution in [0.2, 0.25) is 0 Å². The summed E-state index contributed by atoms with van der Waals surface area (Å²) in [6.07, 6.45) is 3.60. The Hall–Kier alpha value is -3.33. The lowest BCUT2D eigenvalue weighted by atomic mass is 9.96. The lowest BCUT2D eigenvalue weighted by Gasteiger charge is -2.31. The molecule has 1 fully saturated rings. The van der Waals surface area contributed by atoms with Gasteiger partial charge in [0.15, 0.2) is 11.0 Å². The zero-order valence-electron chi connectivity index (χ0n) is 21.5. The zero-order valence-corrected chi connectivity index (χ0v) is 22.3. The van der Waals surface area contributed by atoms with E-state index in [1.165, 1.54) is 0 Å². The highest BCUT2D eigenvalue weighted by Crippen LogP contribution is 2.29. The number of benzene rings is 2. The largest absolute Gasteiger partial charge is 0.497 e. The molecule has 196 valence electrons. The van der Waals surface area contributed by atoms with Crippen molar-refractivity contribution in [2.24, 2.45) is 5.92 Å². The number of unbranched alkanes of at least 4 members (excludes halogenated alkanes) is 1. The summed E-state index contributed by atoms with van der Waals surface area (Å²) in [6, 6.07) is 17.9. The van der Waals surface area contributed by atoms with Crippen LogP contribution in [0.4, 0.5) is 0 Å². The predicted octanol–water partition coefficient (Wildman–Crippen LogP) is 5.01. The predicted molar refractivity (Wildman–Crippen MR) is 144 cm³/mol. The topological polar surface area (TPSA) is 86.5 Å². The van der Waals surface area contributed by atoms with Gasteiger partial charge in [0.25, 0.3) is 0 Å². The van der Waals surface area contributed by atoms with E-state index in [0.29, 0.717) is 39.0 Å². The van der Waals surface area contributed by atoms with Gasteiger partial charge in [0.1, 0.15) is 5.75 Å². The highest BCUT2D eigenvalue weighted by Gasteiger charge is 2.27. The molecule has 37 heavy (non-hydrogen) atoms. The minimum atomic E-state index is -0.135. The number of nitrogens with zero attached hydrogens (tertiary/aromatic N) is 4. The van der Waals surface area contributed by atoms with Gasteiger partial charge in [-0.05, 0) is 56.9 Å². The van der Waals surface area contributed by atoms with Crippen molar-refractivity contribution in [2.45, 2.75) is 44.2 Å². The lowest BCUT2D eigenvalue weighted by Crippen LogP contribution is -2.40. The van der Waals surface area contributed by atoms with Crippen molar-refractivity contribution in [2.75, 3.05) is 32.6 Å². The maximum atomic E-state index is 12.7. The molecule has 9 heteroatoms. The number of carbonyl (C=O) groups is 2. The second-order valence-electron chi connectivity index (χ2n) is 8.92. The van der Waals surface area contributed by atoms with Crippen molar-refractivity contribution < 1.29 is 19.1 Å². The summed E-state index contributed by atoms with van der Waals surface area (Å²) in [5, 5.41) is 9.79. The van der Waals surface area contributed by atoms with Crippen LogP contribution in [0.3, 0.4) is 0 Å². The first-order chi connectivity index (χ1) is 18.1. The van der Waals surface area contributed by atoms with E-state index in [1.807, 2.05) is 66.4 Å². The molecule has 3 aromatic rings. The Morgan fingerprint density at radius 3 is 2.41 bits per heavy atom. The van der Waals surface area contributed by atoms with E-state index in [4.69, 9.17) is 9.47 Å². The Kier molecular flexibility index (Phi) is 9.59. The molecule has 0 atom stereocenters. The van der Waals surface area contributed by atoms with Gasteiger partial charge in [-0.2, -0.15) is 0 Å². The Balaban J connectivity index is 1.31. The number of likely N-dealkylation sites (tertiary alicyclic amines) is 1. The molecule has 0 spiro atoms. The van der Waals surface area contributed by atoms with Crippen LogP contribution in [-0.4, -0.2) is 64.1 Å². The second-order valence-corrected chi connectivity index (χ2v) is 9.98. The minimum Gasteiger partial charge on any atom is -0.497 e. The fourth-order valence-corrected chi connectivity index (χ4v) is 5.38. The SMILES string of the molecule is CCOC(=O)C1CCN(C(=O)CCCCSc2nnc(-c3ccccc3)n2-c2ccc(OC)cc2)CC1. The maximum absolute atomic E-state index is 12.7. The van der Waals surface area contributed by atoms with E-state index >= 15 is 0 Å². The quantitative estimate of drug-likeness (QED) is 0.199. The van der Waals surface area contributed by atoms with Gasteiger partial charge in [-0.15, -0.1) is 10.2 Å². The van der Waals surface area contributed by atoms with Crippen LogP contribution in [-0.2, 0) is 14.3 Å². The summed E-state index contributed by atoms with van der Waals surface area (Å²) in [4.78, 5) is 26.5. The van der Waals surface area contributed by atoms with Crippen molar-refractivity contribution in [3.8, 4) is 22.8 Å². The molecule has 2 heterocycles. The van der Waals surface area contributed by atoms with E-state index in [9.17, 15) is 9.59 Å². The summed E-state index contributed by atoms with van der Waals surface area (Å²) in [5.41, 5.74) is 1.96. The molecule has 1 aliphatic heterocycles. The van der Waals surface area contributed by atoms with Crippen molar-refractivity contribution in [1.29, 1.82) is 0 Å². The number of ether oxygens (including phenoxy) is 2. The number of carbonyl (C=O) groups excluding carboxylic acids is 2. The first-order valence-electron chi connectivity index (χ1n) is 12.8. The van der Waals surface area contributed by atoms with Crippen molar-refractivity contribution in [3.63, 3.8) is 0 Å². The minimum absolute atomic E-state index is 0.0794. The Morgan fingerprint density at radius 2 is 1.73 bits per heavy atom.